The van der Waals surface area contributed by atoms with Crippen molar-refractivity contribution in [3.8, 4) is 0 Å². The molecule has 1 aromatic rings. The zero-order valence-electron chi connectivity index (χ0n) is 9.21. The summed E-state index contributed by atoms with van der Waals surface area (Å²) in [5, 5.41) is 0.217. The molecule has 1 rings (SSSR count). The van der Waals surface area contributed by atoms with Crippen molar-refractivity contribution in [3.05, 3.63) is 42.0 Å². The summed E-state index contributed by atoms with van der Waals surface area (Å²) < 4.78 is 5.34. The van der Waals surface area contributed by atoms with Crippen molar-refractivity contribution in [1.82, 2.24) is 0 Å². The lowest BCUT2D eigenvalue weighted by Crippen LogP contribution is -2.26. The van der Waals surface area contributed by atoms with Gasteiger partial charge in [-0.25, -0.2) is 0 Å². The summed E-state index contributed by atoms with van der Waals surface area (Å²) in [5.74, 6) is 0. The van der Waals surface area contributed by atoms with Gasteiger partial charge in [0.2, 0.25) is 0 Å². The fraction of sp³-hybridized carbons (Fsp3) is 0.333. The number of hydrogen-bond donors (Lipinski definition) is 0. The Bertz CT molecular complexity index is 301. The molecule has 0 unspecified atom stereocenters. The van der Waals surface area contributed by atoms with Gasteiger partial charge in [-0.2, -0.15) is 0 Å². The van der Waals surface area contributed by atoms with E-state index in [1.807, 2.05) is 6.08 Å². The van der Waals surface area contributed by atoms with Crippen molar-refractivity contribution in [1.29, 1.82) is 0 Å². The Labute approximate surface area is 88.7 Å². The Morgan fingerprint density at radius 3 is 2.29 bits per heavy atom. The topological polar surface area (TPSA) is 9.23 Å². The summed E-state index contributed by atoms with van der Waals surface area (Å²) in [6.45, 7) is 8.23. The van der Waals surface area contributed by atoms with E-state index in [9.17, 15) is 0 Å². The molecule has 0 aliphatic heterocycles. The Morgan fingerprint density at radius 1 is 1.29 bits per heavy atom. The van der Waals surface area contributed by atoms with Gasteiger partial charge in [-0.3, -0.25) is 0 Å². The van der Waals surface area contributed by atoms with Crippen molar-refractivity contribution in [2.45, 2.75) is 18.9 Å². The Hall–Kier alpha value is -0.863. The highest BCUT2D eigenvalue weighted by atomic mass is 28.2. The molecule has 0 saturated heterocycles. The Balaban J connectivity index is 2.90. The molecule has 0 aromatic heterocycles. The molecule has 0 fully saturated rings. The van der Waals surface area contributed by atoms with Gasteiger partial charge in [0.1, 0.15) is 0 Å². The highest BCUT2D eigenvalue weighted by Gasteiger charge is 2.20. The van der Waals surface area contributed by atoms with E-state index >= 15 is 0 Å². The number of benzene rings is 1. The van der Waals surface area contributed by atoms with Crippen LogP contribution in [0, 0.1) is 0 Å². The molecule has 0 aliphatic carbocycles. The second-order valence-corrected chi connectivity index (χ2v) is 6.78. The maximum atomic E-state index is 5.34. The molecule has 0 N–H and O–H groups in total. The number of hydrogen-bond acceptors (Lipinski definition) is 1. The summed E-state index contributed by atoms with van der Waals surface area (Å²) in [6.07, 6.45) is 1.87. The zero-order valence-corrected chi connectivity index (χ0v) is 10.6. The molecule has 0 aliphatic rings. The quantitative estimate of drug-likeness (QED) is 0.687. The monoisotopic (exact) mass is 206 g/mol. The van der Waals surface area contributed by atoms with Crippen LogP contribution in [0.15, 0.2) is 30.8 Å². The van der Waals surface area contributed by atoms with Gasteiger partial charge in [-0.05, 0) is 11.1 Å². The second-order valence-electron chi connectivity index (χ2n) is 4.14. The lowest BCUT2D eigenvalue weighted by Gasteiger charge is -2.23. The third kappa shape index (κ3) is 2.56. The second kappa shape index (κ2) is 4.58. The average Bonchev–Trinajstić information content (AvgIpc) is 2.18. The van der Waals surface area contributed by atoms with Crippen molar-refractivity contribution >= 4 is 15.8 Å². The normalized spacial score (nSPS) is 12.2. The predicted molar refractivity (Wildman–Crippen MR) is 65.1 cm³/mol. The van der Waals surface area contributed by atoms with Crippen LogP contribution in [-0.2, 0) is 9.46 Å². The van der Waals surface area contributed by atoms with Crippen molar-refractivity contribution in [2.75, 3.05) is 7.11 Å². The molecule has 0 radical (unpaired) electrons. The molecule has 14 heavy (non-hydrogen) atoms. The fourth-order valence-corrected chi connectivity index (χ4v) is 2.64. The molecule has 1 aromatic carbocycles. The van der Waals surface area contributed by atoms with E-state index in [1.54, 1.807) is 7.11 Å². The van der Waals surface area contributed by atoms with E-state index in [0.29, 0.717) is 0 Å². The fourth-order valence-electron chi connectivity index (χ4n) is 1.51. The molecule has 0 spiro atoms. The molecule has 0 bridgehead atoms. The predicted octanol–water partition coefficient (Wildman–Crippen LogP) is 2.29. The minimum Gasteiger partial charge on any atom is -0.426 e. The van der Waals surface area contributed by atoms with Crippen molar-refractivity contribution in [2.24, 2.45) is 0 Å². The van der Waals surface area contributed by atoms with Crippen LogP contribution < -0.4 is 0 Å². The first kappa shape index (κ1) is 11.2. The van der Waals surface area contributed by atoms with Crippen LogP contribution >= 0.6 is 0 Å². The number of rotatable bonds is 4. The van der Waals surface area contributed by atoms with Gasteiger partial charge in [0.05, 0.1) is 0 Å². The summed E-state index contributed by atoms with van der Waals surface area (Å²) >= 11 is 0. The molecular weight excluding hydrogens is 188 g/mol. The van der Waals surface area contributed by atoms with Crippen LogP contribution in [0.3, 0.4) is 0 Å². The lowest BCUT2D eigenvalue weighted by atomic mass is 10.0. The van der Waals surface area contributed by atoms with Crippen LogP contribution in [0.1, 0.15) is 25.0 Å². The first-order chi connectivity index (χ1) is 6.60. The zero-order chi connectivity index (χ0) is 10.6. The third-order valence-corrected chi connectivity index (χ3v) is 3.85. The van der Waals surface area contributed by atoms with Crippen LogP contribution in [0.4, 0.5) is 0 Å². The molecule has 1 nitrogen and oxygen atoms in total. The lowest BCUT2D eigenvalue weighted by molar-refractivity contribution is 0.415. The third-order valence-electron chi connectivity index (χ3n) is 2.43. The van der Waals surface area contributed by atoms with Gasteiger partial charge in [0.25, 0.3) is 0 Å². The van der Waals surface area contributed by atoms with Crippen molar-refractivity contribution in [3.63, 3.8) is 0 Å². The minimum absolute atomic E-state index is 0.217. The smallest absolute Gasteiger partial charge is 0.170 e. The average molecular weight is 206 g/mol. The molecule has 2 heteroatoms. The van der Waals surface area contributed by atoms with E-state index < -0.39 is 9.76 Å². The molecule has 76 valence electrons. The van der Waals surface area contributed by atoms with Crippen LogP contribution in [-0.4, -0.2) is 16.9 Å². The van der Waals surface area contributed by atoms with Gasteiger partial charge in [0, 0.05) is 12.1 Å². The van der Waals surface area contributed by atoms with E-state index in [4.69, 9.17) is 4.43 Å². The van der Waals surface area contributed by atoms with Gasteiger partial charge in [-0.1, -0.05) is 50.8 Å². The summed E-state index contributed by atoms with van der Waals surface area (Å²) in [6, 6.07) is 8.55. The molecule has 0 saturated carbocycles. The van der Waals surface area contributed by atoms with Gasteiger partial charge >= 0.3 is 0 Å². The van der Waals surface area contributed by atoms with Crippen LogP contribution in [0.25, 0.3) is 6.08 Å². The summed E-state index contributed by atoms with van der Waals surface area (Å²) in [7, 11) is 1.30. The molecular formula is C12H18OSi. The Morgan fingerprint density at radius 2 is 1.86 bits per heavy atom. The van der Waals surface area contributed by atoms with Crippen LogP contribution in [0.5, 0.6) is 0 Å². The molecule has 0 atom stereocenters. The molecule has 0 amide bonds. The van der Waals surface area contributed by atoms with E-state index in [1.165, 1.54) is 11.1 Å². The largest absolute Gasteiger partial charge is 0.426 e. The highest BCUT2D eigenvalue weighted by molar-refractivity contribution is 6.32. The van der Waals surface area contributed by atoms with E-state index in [0.717, 1.165) is 0 Å². The van der Waals surface area contributed by atoms with Gasteiger partial charge in [0.15, 0.2) is 9.76 Å². The maximum Gasteiger partial charge on any atom is 0.170 e. The van der Waals surface area contributed by atoms with Crippen molar-refractivity contribution < 1.29 is 4.43 Å². The summed E-state index contributed by atoms with van der Waals surface area (Å²) in [4.78, 5) is 0. The minimum atomic E-state index is -0.493. The van der Waals surface area contributed by atoms with E-state index in [-0.39, 0.29) is 5.04 Å². The highest BCUT2D eigenvalue weighted by Crippen LogP contribution is 2.22. The first-order valence-electron chi connectivity index (χ1n) is 4.82. The van der Waals surface area contributed by atoms with Gasteiger partial charge in [-0.15, -0.1) is 0 Å². The van der Waals surface area contributed by atoms with Gasteiger partial charge < -0.3 is 4.43 Å². The summed E-state index contributed by atoms with van der Waals surface area (Å²) in [5.41, 5.74) is 2.53. The SMILES string of the molecule is C=Cc1ccc(C(C)(C)[SiH2]OC)cc1. The first-order valence-corrected chi connectivity index (χ1v) is 6.10. The van der Waals surface area contributed by atoms with E-state index in [2.05, 4.69) is 44.7 Å². The maximum absolute atomic E-state index is 5.34. The standard InChI is InChI=1S/C12H18OSi/c1-5-10-6-8-11(9-7-10)12(2,3)14-13-4/h5-9H,1,14H2,2-4H3. The molecule has 0 heterocycles. The van der Waals surface area contributed by atoms with Crippen LogP contribution in [0.2, 0.25) is 0 Å². The Kier molecular flexibility index (Phi) is 3.67.